The van der Waals surface area contributed by atoms with Crippen molar-refractivity contribution in [3.63, 3.8) is 0 Å². The third-order valence-electron chi connectivity index (χ3n) is 4.70. The minimum Gasteiger partial charge on any atom is -0.376 e. The Kier molecular flexibility index (Phi) is 5.83. The number of aromatic nitrogens is 2. The van der Waals surface area contributed by atoms with Gasteiger partial charge >= 0.3 is 0 Å². The summed E-state index contributed by atoms with van der Waals surface area (Å²) in [5, 5.41) is 1.38. The smallest absolute Gasteiger partial charge is 0.233 e. The molecule has 1 unspecified atom stereocenters. The number of fused-ring (bicyclic) bond motifs is 1. The Morgan fingerprint density at radius 1 is 1.32 bits per heavy atom. The molecule has 1 aliphatic heterocycles. The van der Waals surface area contributed by atoms with Gasteiger partial charge in [-0.25, -0.2) is 9.97 Å². The molecule has 0 spiro atoms. The normalized spacial score (nSPS) is 16.6. The summed E-state index contributed by atoms with van der Waals surface area (Å²) >= 11 is 14.1. The first-order valence-electron chi connectivity index (χ1n) is 9.10. The van der Waals surface area contributed by atoms with Crippen LogP contribution in [-0.4, -0.2) is 35.1 Å². The number of para-hydroxylation sites is 1. The van der Waals surface area contributed by atoms with Crippen LogP contribution >= 0.6 is 34.5 Å². The number of hydrogen-bond donors (Lipinski definition) is 0. The lowest BCUT2D eigenvalue weighted by Gasteiger charge is -2.23. The second-order valence-corrected chi connectivity index (χ2v) is 8.57. The molecule has 1 fully saturated rings. The summed E-state index contributed by atoms with van der Waals surface area (Å²) in [6.45, 7) is 3.01. The van der Waals surface area contributed by atoms with Gasteiger partial charge in [0.05, 0.1) is 29.3 Å². The van der Waals surface area contributed by atoms with E-state index in [0.717, 1.165) is 29.7 Å². The molecule has 28 heavy (non-hydrogen) atoms. The van der Waals surface area contributed by atoms with Crippen molar-refractivity contribution in [2.24, 2.45) is 0 Å². The van der Waals surface area contributed by atoms with Crippen molar-refractivity contribution in [3.05, 3.63) is 51.8 Å². The standard InChI is InChI=1S/C20H19Cl2N3O2S/c1-12-9-15(21)14(19(22)23-12)10-18(26)25(11-13-5-4-8-27-13)20-24-16-6-2-3-7-17(16)28-20/h2-3,6-7,9,13H,4-5,8,10-11H2,1H3. The van der Waals surface area contributed by atoms with Crippen molar-refractivity contribution < 1.29 is 9.53 Å². The van der Waals surface area contributed by atoms with E-state index in [9.17, 15) is 4.79 Å². The molecule has 146 valence electrons. The second kappa shape index (κ2) is 8.33. The summed E-state index contributed by atoms with van der Waals surface area (Å²) in [5.41, 5.74) is 2.13. The quantitative estimate of drug-likeness (QED) is 0.525. The van der Waals surface area contributed by atoms with Crippen molar-refractivity contribution in [1.29, 1.82) is 0 Å². The lowest BCUT2D eigenvalue weighted by Crippen LogP contribution is -2.38. The van der Waals surface area contributed by atoms with Crippen LogP contribution in [0.15, 0.2) is 30.3 Å². The highest BCUT2D eigenvalue weighted by atomic mass is 35.5. The lowest BCUT2D eigenvalue weighted by molar-refractivity contribution is -0.118. The molecule has 8 heteroatoms. The highest BCUT2D eigenvalue weighted by Crippen LogP contribution is 2.31. The summed E-state index contributed by atoms with van der Waals surface area (Å²) in [6, 6.07) is 9.58. The highest BCUT2D eigenvalue weighted by Gasteiger charge is 2.27. The van der Waals surface area contributed by atoms with E-state index in [2.05, 4.69) is 9.97 Å². The first-order chi connectivity index (χ1) is 13.5. The SMILES string of the molecule is Cc1cc(Cl)c(CC(=O)N(CC2CCCO2)c2nc3ccccc3s2)c(Cl)n1. The van der Waals surface area contributed by atoms with Crippen molar-refractivity contribution >= 4 is 55.8 Å². The Hall–Kier alpha value is -1.73. The fraction of sp³-hybridized carbons (Fsp3) is 0.350. The van der Waals surface area contributed by atoms with E-state index in [1.165, 1.54) is 11.3 Å². The Morgan fingerprint density at radius 3 is 2.86 bits per heavy atom. The number of nitrogens with zero attached hydrogens (tertiary/aromatic N) is 3. The van der Waals surface area contributed by atoms with Crippen molar-refractivity contribution in [3.8, 4) is 0 Å². The van der Waals surface area contributed by atoms with Gasteiger partial charge in [-0.2, -0.15) is 0 Å². The number of pyridine rings is 1. The molecular formula is C20H19Cl2N3O2S. The average molecular weight is 436 g/mol. The molecular weight excluding hydrogens is 417 g/mol. The zero-order valence-corrected chi connectivity index (χ0v) is 17.7. The molecule has 3 heterocycles. The van der Waals surface area contributed by atoms with Crippen LogP contribution in [0.3, 0.4) is 0 Å². The number of aryl methyl sites for hydroxylation is 1. The second-order valence-electron chi connectivity index (χ2n) is 6.80. The Morgan fingerprint density at radius 2 is 2.14 bits per heavy atom. The molecule has 2 aromatic heterocycles. The van der Waals surface area contributed by atoms with E-state index in [0.29, 0.717) is 28.0 Å². The fourth-order valence-corrected chi connectivity index (χ4v) is 4.94. The average Bonchev–Trinajstić information content (AvgIpc) is 3.31. The maximum Gasteiger partial charge on any atom is 0.233 e. The van der Waals surface area contributed by atoms with E-state index in [4.69, 9.17) is 27.9 Å². The monoisotopic (exact) mass is 435 g/mol. The molecule has 1 aromatic carbocycles. The topological polar surface area (TPSA) is 55.3 Å². The predicted molar refractivity (Wildman–Crippen MR) is 114 cm³/mol. The number of thiazole rings is 1. The number of carbonyl (C=O) groups excluding carboxylic acids is 1. The molecule has 1 aliphatic rings. The molecule has 3 aromatic rings. The molecule has 4 rings (SSSR count). The van der Waals surface area contributed by atoms with Crippen LogP contribution in [-0.2, 0) is 16.0 Å². The first kappa shape index (κ1) is 19.6. The van der Waals surface area contributed by atoms with Gasteiger partial charge in [0.25, 0.3) is 0 Å². The number of amides is 1. The van der Waals surface area contributed by atoms with Gasteiger partial charge in [-0.05, 0) is 38.0 Å². The van der Waals surface area contributed by atoms with E-state index in [-0.39, 0.29) is 23.6 Å². The van der Waals surface area contributed by atoms with E-state index in [1.807, 2.05) is 31.2 Å². The van der Waals surface area contributed by atoms with Crippen LogP contribution in [0.2, 0.25) is 10.2 Å². The lowest BCUT2D eigenvalue weighted by atomic mass is 10.1. The van der Waals surface area contributed by atoms with Crippen LogP contribution < -0.4 is 4.90 Å². The predicted octanol–water partition coefficient (Wildman–Crippen LogP) is 5.06. The molecule has 1 atom stereocenters. The Balaban J connectivity index is 1.65. The van der Waals surface area contributed by atoms with Gasteiger partial charge in [-0.1, -0.05) is 46.7 Å². The van der Waals surface area contributed by atoms with Crippen molar-refractivity contribution in [2.45, 2.75) is 32.3 Å². The number of carbonyl (C=O) groups is 1. The summed E-state index contributed by atoms with van der Waals surface area (Å²) < 4.78 is 6.80. The third kappa shape index (κ3) is 4.15. The number of hydrogen-bond acceptors (Lipinski definition) is 5. The van der Waals surface area contributed by atoms with Gasteiger partial charge in [0.2, 0.25) is 5.91 Å². The van der Waals surface area contributed by atoms with E-state index in [1.54, 1.807) is 11.0 Å². The zero-order valence-electron chi connectivity index (χ0n) is 15.3. The Bertz CT molecular complexity index is 962. The van der Waals surface area contributed by atoms with Crippen LogP contribution in [0.1, 0.15) is 24.1 Å². The van der Waals surface area contributed by atoms with Gasteiger partial charge < -0.3 is 4.74 Å². The largest absolute Gasteiger partial charge is 0.376 e. The van der Waals surface area contributed by atoms with Crippen molar-refractivity contribution in [1.82, 2.24) is 9.97 Å². The maximum absolute atomic E-state index is 13.3. The number of rotatable bonds is 5. The summed E-state index contributed by atoms with van der Waals surface area (Å²) in [4.78, 5) is 23.9. The number of halogens is 2. The highest BCUT2D eigenvalue weighted by molar-refractivity contribution is 7.22. The van der Waals surface area contributed by atoms with E-state index >= 15 is 0 Å². The van der Waals surface area contributed by atoms with Crippen LogP contribution in [0.5, 0.6) is 0 Å². The molecule has 5 nitrogen and oxygen atoms in total. The van der Waals surface area contributed by atoms with Gasteiger partial charge in [-0.15, -0.1) is 0 Å². The van der Waals surface area contributed by atoms with Crippen molar-refractivity contribution in [2.75, 3.05) is 18.1 Å². The Labute approximate surface area is 177 Å². The number of anilines is 1. The van der Waals surface area contributed by atoms with E-state index < -0.39 is 0 Å². The van der Waals surface area contributed by atoms with Crippen LogP contribution in [0.4, 0.5) is 5.13 Å². The van der Waals surface area contributed by atoms with Crippen LogP contribution in [0.25, 0.3) is 10.2 Å². The van der Waals surface area contributed by atoms with Gasteiger partial charge in [0, 0.05) is 22.9 Å². The van der Waals surface area contributed by atoms with Crippen LogP contribution in [0, 0.1) is 6.92 Å². The fourth-order valence-electron chi connectivity index (χ4n) is 3.28. The molecule has 0 saturated carbocycles. The number of benzene rings is 1. The summed E-state index contributed by atoms with van der Waals surface area (Å²) in [6.07, 6.45) is 2.01. The molecule has 1 saturated heterocycles. The third-order valence-corrected chi connectivity index (χ3v) is 6.41. The summed E-state index contributed by atoms with van der Waals surface area (Å²) in [7, 11) is 0. The minimum atomic E-state index is -0.121. The molecule has 0 aliphatic carbocycles. The van der Waals surface area contributed by atoms with Gasteiger partial charge in [0.1, 0.15) is 5.15 Å². The van der Waals surface area contributed by atoms with Gasteiger partial charge in [0.15, 0.2) is 5.13 Å². The number of ether oxygens (including phenoxy) is 1. The first-order valence-corrected chi connectivity index (χ1v) is 10.7. The molecule has 0 bridgehead atoms. The molecule has 0 radical (unpaired) electrons. The maximum atomic E-state index is 13.3. The summed E-state index contributed by atoms with van der Waals surface area (Å²) in [5.74, 6) is -0.121. The molecule has 1 amide bonds. The van der Waals surface area contributed by atoms with Gasteiger partial charge in [-0.3, -0.25) is 9.69 Å². The minimum absolute atomic E-state index is 0.0121. The molecule has 0 N–H and O–H groups in total. The zero-order chi connectivity index (χ0) is 19.7.